The average molecular weight is 287 g/mol. The van der Waals surface area contributed by atoms with Crippen LogP contribution in [0.5, 0.6) is 0 Å². The van der Waals surface area contributed by atoms with Crippen molar-refractivity contribution >= 4 is 20.0 Å². The Morgan fingerprint density at radius 3 is 2.42 bits per heavy atom. The number of pyridine rings is 1. The van der Waals surface area contributed by atoms with E-state index in [1.165, 1.54) is 12.3 Å². The van der Waals surface area contributed by atoms with Crippen LogP contribution in [0.4, 0.5) is 0 Å². The maximum absolute atomic E-state index is 11.4. The molecule has 0 radical (unpaired) electrons. The lowest BCUT2D eigenvalue weighted by Crippen LogP contribution is -2.22. The molecular weight excluding hydrogens is 273 g/mol. The van der Waals surface area contributed by atoms with Crippen molar-refractivity contribution in [1.82, 2.24) is 4.98 Å². The summed E-state index contributed by atoms with van der Waals surface area (Å²) in [7, 11) is -3.20. The third-order valence-electron chi connectivity index (χ3n) is 2.66. The van der Waals surface area contributed by atoms with Crippen molar-refractivity contribution in [3.63, 3.8) is 0 Å². The molecule has 1 aromatic heterocycles. The van der Waals surface area contributed by atoms with Gasteiger partial charge in [0, 0.05) is 12.6 Å². The van der Waals surface area contributed by atoms with Crippen LogP contribution in [0, 0.1) is 5.92 Å². The van der Waals surface area contributed by atoms with Gasteiger partial charge >= 0.3 is 11.9 Å². The molecule has 0 aliphatic rings. The molecule has 0 spiro atoms. The molecule has 1 aromatic rings. The van der Waals surface area contributed by atoms with E-state index in [-0.39, 0.29) is 18.5 Å². The van der Waals surface area contributed by atoms with Crippen molar-refractivity contribution in [2.75, 3.05) is 0 Å². The summed E-state index contributed by atoms with van der Waals surface area (Å²) in [6.07, 6.45) is 0.793. The zero-order chi connectivity index (χ0) is 14.4. The summed E-state index contributed by atoms with van der Waals surface area (Å²) < 4.78 is 11.4. The number of aliphatic carboxylic acids is 2. The molecule has 0 aliphatic carbocycles. The molecule has 7 nitrogen and oxygen atoms in total. The lowest BCUT2D eigenvalue weighted by Gasteiger charge is -2.20. The van der Waals surface area contributed by atoms with Crippen LogP contribution in [0.2, 0.25) is 0 Å². The third-order valence-corrected chi connectivity index (χ3v) is 3.89. The fraction of sp³-hybridized carbons (Fsp3) is 0.364. The molecule has 1 heterocycles. The first-order chi connectivity index (χ1) is 8.93. The van der Waals surface area contributed by atoms with E-state index >= 15 is 0 Å². The zero-order valence-corrected chi connectivity index (χ0v) is 10.9. The van der Waals surface area contributed by atoms with E-state index < -0.39 is 31.5 Å². The molecule has 0 saturated carbocycles. The number of nitrogens with zero attached hydrogens (tertiary/aromatic N) is 1. The minimum absolute atomic E-state index is 0.187. The van der Waals surface area contributed by atoms with Gasteiger partial charge in [-0.1, -0.05) is 6.07 Å². The van der Waals surface area contributed by atoms with Gasteiger partial charge in [-0.25, -0.2) is 0 Å². The van der Waals surface area contributed by atoms with E-state index in [1.807, 2.05) is 0 Å². The van der Waals surface area contributed by atoms with Gasteiger partial charge in [-0.2, -0.15) is 0 Å². The predicted octanol–water partition coefficient (Wildman–Crippen LogP) is 1.16. The predicted molar refractivity (Wildman–Crippen MR) is 66.2 cm³/mol. The normalized spacial score (nSPS) is 15.4. The Balaban J connectivity index is 3.03. The molecule has 0 aromatic carbocycles. The van der Waals surface area contributed by atoms with E-state index in [1.54, 1.807) is 12.1 Å². The van der Waals surface area contributed by atoms with Gasteiger partial charge in [-0.15, -0.1) is 0 Å². The van der Waals surface area contributed by atoms with Crippen LogP contribution >= 0.6 is 8.03 Å². The molecule has 19 heavy (non-hydrogen) atoms. The number of carbonyl (C=O) groups is 2. The van der Waals surface area contributed by atoms with Crippen LogP contribution in [0.1, 0.15) is 24.2 Å². The molecule has 3 unspecified atom stereocenters. The first-order valence-electron chi connectivity index (χ1n) is 5.51. The second-order valence-corrected chi connectivity index (χ2v) is 5.25. The van der Waals surface area contributed by atoms with Crippen molar-refractivity contribution in [2.24, 2.45) is 5.92 Å². The largest absolute Gasteiger partial charge is 0.481 e. The summed E-state index contributed by atoms with van der Waals surface area (Å²) in [4.78, 5) is 34.9. The van der Waals surface area contributed by atoms with Crippen LogP contribution < -0.4 is 0 Å². The van der Waals surface area contributed by atoms with Crippen molar-refractivity contribution < 1.29 is 29.3 Å². The number of rotatable bonds is 7. The molecule has 104 valence electrons. The Morgan fingerprint density at radius 2 is 2.00 bits per heavy atom. The van der Waals surface area contributed by atoms with Gasteiger partial charge < -0.3 is 15.1 Å². The summed E-state index contributed by atoms with van der Waals surface area (Å²) in [5.74, 6) is -3.70. The molecule has 0 aliphatic heterocycles. The van der Waals surface area contributed by atoms with E-state index in [9.17, 15) is 19.0 Å². The first kappa shape index (κ1) is 15.3. The van der Waals surface area contributed by atoms with E-state index in [0.717, 1.165) is 0 Å². The van der Waals surface area contributed by atoms with Gasteiger partial charge in [-0.3, -0.25) is 19.1 Å². The summed E-state index contributed by atoms with van der Waals surface area (Å²) in [5, 5.41) is 17.7. The number of carboxylic acids is 2. The summed E-state index contributed by atoms with van der Waals surface area (Å²) in [6.45, 7) is 0. The Kier molecular flexibility index (Phi) is 5.66. The minimum atomic E-state index is -3.20. The molecule has 0 bridgehead atoms. The van der Waals surface area contributed by atoms with Crippen molar-refractivity contribution in [3.05, 3.63) is 30.1 Å². The van der Waals surface area contributed by atoms with Gasteiger partial charge in [0.15, 0.2) is 8.03 Å². The van der Waals surface area contributed by atoms with Crippen molar-refractivity contribution in [1.29, 1.82) is 0 Å². The van der Waals surface area contributed by atoms with Crippen LogP contribution in [0.3, 0.4) is 0 Å². The maximum atomic E-state index is 11.4. The minimum Gasteiger partial charge on any atom is -0.481 e. The molecule has 1 rings (SSSR count). The Hall–Kier alpha value is -1.72. The van der Waals surface area contributed by atoms with E-state index in [0.29, 0.717) is 0 Å². The highest BCUT2D eigenvalue weighted by molar-refractivity contribution is 7.38. The van der Waals surface area contributed by atoms with Crippen LogP contribution in [-0.2, 0) is 14.2 Å². The van der Waals surface area contributed by atoms with Gasteiger partial charge in [-0.05, 0) is 18.6 Å². The number of carboxylic acid groups (broad SMARTS) is 2. The van der Waals surface area contributed by atoms with Crippen LogP contribution in [0.25, 0.3) is 0 Å². The highest BCUT2D eigenvalue weighted by atomic mass is 31.1. The fourth-order valence-corrected chi connectivity index (χ4v) is 2.85. The molecule has 0 amide bonds. The van der Waals surface area contributed by atoms with Gasteiger partial charge in [0.2, 0.25) is 0 Å². The molecule has 3 atom stereocenters. The molecular formula is C11H14NO6P. The SMILES string of the molecule is O=C(O)CCC(C(=O)O)C(c1ccccn1)[PH](=O)O. The third kappa shape index (κ3) is 4.46. The van der Waals surface area contributed by atoms with Gasteiger partial charge in [0.05, 0.1) is 17.3 Å². The number of hydrogen-bond acceptors (Lipinski definition) is 4. The monoisotopic (exact) mass is 287 g/mol. The highest BCUT2D eigenvalue weighted by Gasteiger charge is 2.34. The summed E-state index contributed by atoms with van der Waals surface area (Å²) in [6, 6.07) is 4.64. The van der Waals surface area contributed by atoms with Gasteiger partial charge in [0.25, 0.3) is 0 Å². The molecule has 0 saturated heterocycles. The second-order valence-electron chi connectivity index (χ2n) is 3.95. The maximum Gasteiger partial charge on any atom is 0.307 e. The Bertz CT molecular complexity index is 477. The smallest absolute Gasteiger partial charge is 0.307 e. The van der Waals surface area contributed by atoms with Gasteiger partial charge in [0.1, 0.15) is 0 Å². The summed E-state index contributed by atoms with van der Waals surface area (Å²) >= 11 is 0. The quantitative estimate of drug-likeness (QED) is 0.642. The molecule has 0 fully saturated rings. The lowest BCUT2D eigenvalue weighted by atomic mass is 9.96. The molecule has 8 heteroatoms. The Morgan fingerprint density at radius 1 is 1.32 bits per heavy atom. The topological polar surface area (TPSA) is 125 Å². The second kappa shape index (κ2) is 7.01. The fourth-order valence-electron chi connectivity index (χ4n) is 1.78. The Labute approximate surface area is 109 Å². The number of aromatic nitrogens is 1. The van der Waals surface area contributed by atoms with Crippen LogP contribution in [-0.4, -0.2) is 32.0 Å². The van der Waals surface area contributed by atoms with Crippen LogP contribution in [0.15, 0.2) is 24.4 Å². The highest BCUT2D eigenvalue weighted by Crippen LogP contribution is 2.44. The van der Waals surface area contributed by atoms with E-state index in [2.05, 4.69) is 4.98 Å². The van der Waals surface area contributed by atoms with E-state index in [4.69, 9.17) is 10.2 Å². The standard InChI is InChI=1S/C11H14NO6P/c13-9(14)5-4-7(11(15)16)10(19(17)18)8-3-1-2-6-12-8/h1-3,6-7,10,19H,4-5H2,(H,13,14)(H,15,16)(H,17,18). The average Bonchev–Trinajstić information content (AvgIpc) is 2.34. The molecule has 3 N–H and O–H groups in total. The lowest BCUT2D eigenvalue weighted by molar-refractivity contribution is -0.143. The first-order valence-corrected chi connectivity index (χ1v) is 6.95. The zero-order valence-electron chi connectivity index (χ0n) is 9.89. The van der Waals surface area contributed by atoms with Crippen molar-refractivity contribution in [2.45, 2.75) is 18.5 Å². The number of hydrogen-bond donors (Lipinski definition) is 3. The van der Waals surface area contributed by atoms with Crippen molar-refractivity contribution in [3.8, 4) is 0 Å². The summed E-state index contributed by atoms with van der Waals surface area (Å²) in [5.41, 5.74) is -0.991.